The summed E-state index contributed by atoms with van der Waals surface area (Å²) in [5.41, 5.74) is 1.27. The Balaban J connectivity index is 1.75. The molecule has 0 spiro atoms. The summed E-state index contributed by atoms with van der Waals surface area (Å²) in [6.07, 6.45) is 4.01. The molecule has 2 rings (SSSR count). The zero-order valence-electron chi connectivity index (χ0n) is 13.4. The SMILES string of the molecule is Cc1ccc(OCC(C)NC2CCC(C)CC2C)cc1. The third-order valence-corrected chi connectivity index (χ3v) is 4.45. The Morgan fingerprint density at radius 3 is 2.55 bits per heavy atom. The molecule has 0 heterocycles. The van der Waals surface area contributed by atoms with E-state index >= 15 is 0 Å². The molecule has 0 aliphatic heterocycles. The maximum absolute atomic E-state index is 5.86. The molecule has 0 bridgehead atoms. The lowest BCUT2D eigenvalue weighted by Crippen LogP contribution is -2.45. The van der Waals surface area contributed by atoms with E-state index in [1.807, 2.05) is 12.1 Å². The van der Waals surface area contributed by atoms with Crippen LogP contribution >= 0.6 is 0 Å². The Labute approximate surface area is 123 Å². The molecule has 0 aromatic heterocycles. The molecule has 2 nitrogen and oxygen atoms in total. The van der Waals surface area contributed by atoms with Crippen LogP contribution in [-0.4, -0.2) is 18.7 Å². The monoisotopic (exact) mass is 275 g/mol. The lowest BCUT2D eigenvalue weighted by atomic mass is 9.79. The van der Waals surface area contributed by atoms with Crippen molar-refractivity contribution in [3.8, 4) is 5.75 Å². The minimum atomic E-state index is 0.400. The zero-order chi connectivity index (χ0) is 14.5. The third-order valence-electron chi connectivity index (χ3n) is 4.45. The minimum absolute atomic E-state index is 0.400. The van der Waals surface area contributed by atoms with Crippen LogP contribution in [0.5, 0.6) is 5.75 Å². The first-order valence-corrected chi connectivity index (χ1v) is 8.00. The molecule has 4 atom stereocenters. The van der Waals surface area contributed by atoms with Gasteiger partial charge < -0.3 is 10.1 Å². The van der Waals surface area contributed by atoms with Crippen molar-refractivity contribution in [1.82, 2.24) is 5.32 Å². The molecule has 1 aromatic rings. The molecule has 1 N–H and O–H groups in total. The minimum Gasteiger partial charge on any atom is -0.492 e. The molecule has 20 heavy (non-hydrogen) atoms. The van der Waals surface area contributed by atoms with Gasteiger partial charge in [-0.05, 0) is 57.1 Å². The summed E-state index contributed by atoms with van der Waals surface area (Å²) in [5.74, 6) is 2.64. The highest BCUT2D eigenvalue weighted by atomic mass is 16.5. The number of hydrogen-bond donors (Lipinski definition) is 1. The molecular formula is C18H29NO. The summed E-state index contributed by atoms with van der Waals surface area (Å²) in [6, 6.07) is 9.34. The Morgan fingerprint density at radius 2 is 1.90 bits per heavy atom. The quantitative estimate of drug-likeness (QED) is 0.870. The Bertz CT molecular complexity index is 400. The van der Waals surface area contributed by atoms with E-state index in [2.05, 4.69) is 45.1 Å². The largest absolute Gasteiger partial charge is 0.492 e. The van der Waals surface area contributed by atoms with Gasteiger partial charge in [0.15, 0.2) is 0 Å². The van der Waals surface area contributed by atoms with Crippen LogP contribution in [0.15, 0.2) is 24.3 Å². The summed E-state index contributed by atoms with van der Waals surface area (Å²) in [5, 5.41) is 3.75. The van der Waals surface area contributed by atoms with Crippen molar-refractivity contribution in [2.24, 2.45) is 11.8 Å². The predicted molar refractivity (Wildman–Crippen MR) is 85.2 cm³/mol. The van der Waals surface area contributed by atoms with Gasteiger partial charge in [-0.3, -0.25) is 0 Å². The highest BCUT2D eigenvalue weighted by Gasteiger charge is 2.26. The van der Waals surface area contributed by atoms with E-state index in [4.69, 9.17) is 4.74 Å². The van der Waals surface area contributed by atoms with E-state index in [0.717, 1.165) is 24.2 Å². The number of nitrogens with one attached hydrogen (secondary N) is 1. The van der Waals surface area contributed by atoms with Gasteiger partial charge in [-0.25, -0.2) is 0 Å². The van der Waals surface area contributed by atoms with Crippen molar-refractivity contribution >= 4 is 0 Å². The van der Waals surface area contributed by atoms with Crippen LogP contribution in [0.25, 0.3) is 0 Å². The summed E-state index contributed by atoms with van der Waals surface area (Å²) < 4.78 is 5.86. The summed E-state index contributed by atoms with van der Waals surface area (Å²) >= 11 is 0. The van der Waals surface area contributed by atoms with Crippen LogP contribution in [-0.2, 0) is 0 Å². The fraction of sp³-hybridized carbons (Fsp3) is 0.667. The fourth-order valence-corrected chi connectivity index (χ4v) is 3.18. The molecule has 112 valence electrons. The second kappa shape index (κ2) is 7.12. The van der Waals surface area contributed by atoms with E-state index in [1.54, 1.807) is 0 Å². The standard InChI is InChI=1S/C18H29NO/c1-13-5-8-17(9-6-13)20-12-16(4)19-18-10-7-14(2)11-15(18)3/h5-6,8-9,14-16,18-19H,7,10-12H2,1-4H3. The first kappa shape index (κ1) is 15.4. The van der Waals surface area contributed by atoms with Gasteiger partial charge in [0, 0.05) is 12.1 Å². The number of benzene rings is 1. The van der Waals surface area contributed by atoms with Crippen molar-refractivity contribution in [3.63, 3.8) is 0 Å². The Hall–Kier alpha value is -1.02. The van der Waals surface area contributed by atoms with Crippen LogP contribution in [0, 0.1) is 18.8 Å². The number of hydrogen-bond acceptors (Lipinski definition) is 2. The van der Waals surface area contributed by atoms with Gasteiger partial charge in [0.2, 0.25) is 0 Å². The van der Waals surface area contributed by atoms with Gasteiger partial charge in [0.05, 0.1) is 0 Å². The van der Waals surface area contributed by atoms with Crippen LogP contribution in [0.4, 0.5) is 0 Å². The van der Waals surface area contributed by atoms with Crippen molar-refractivity contribution in [1.29, 1.82) is 0 Å². The molecular weight excluding hydrogens is 246 g/mol. The van der Waals surface area contributed by atoms with Gasteiger partial charge in [0.1, 0.15) is 12.4 Å². The maximum atomic E-state index is 5.86. The zero-order valence-corrected chi connectivity index (χ0v) is 13.4. The van der Waals surface area contributed by atoms with Gasteiger partial charge in [-0.2, -0.15) is 0 Å². The summed E-state index contributed by atoms with van der Waals surface area (Å²) in [6.45, 7) is 9.80. The smallest absolute Gasteiger partial charge is 0.119 e. The molecule has 4 unspecified atom stereocenters. The molecule has 0 saturated heterocycles. The third kappa shape index (κ3) is 4.52. The molecule has 1 saturated carbocycles. The molecule has 1 aromatic carbocycles. The molecule has 1 aliphatic rings. The highest BCUT2D eigenvalue weighted by Crippen LogP contribution is 2.28. The van der Waals surface area contributed by atoms with Crippen molar-refractivity contribution in [2.45, 2.75) is 59.0 Å². The van der Waals surface area contributed by atoms with Crippen LogP contribution < -0.4 is 10.1 Å². The lowest BCUT2D eigenvalue weighted by molar-refractivity contribution is 0.190. The van der Waals surface area contributed by atoms with E-state index < -0.39 is 0 Å². The maximum Gasteiger partial charge on any atom is 0.119 e. The van der Waals surface area contributed by atoms with E-state index in [-0.39, 0.29) is 0 Å². The number of aryl methyl sites for hydroxylation is 1. The molecule has 2 heteroatoms. The normalized spacial score (nSPS) is 28.1. The average Bonchev–Trinajstić information content (AvgIpc) is 2.41. The average molecular weight is 275 g/mol. The molecule has 0 radical (unpaired) electrons. The van der Waals surface area contributed by atoms with E-state index in [9.17, 15) is 0 Å². The number of rotatable bonds is 5. The van der Waals surface area contributed by atoms with Crippen LogP contribution in [0.2, 0.25) is 0 Å². The van der Waals surface area contributed by atoms with Crippen molar-refractivity contribution < 1.29 is 4.74 Å². The predicted octanol–water partition coefficient (Wildman–Crippen LogP) is 4.18. The lowest BCUT2D eigenvalue weighted by Gasteiger charge is -2.35. The van der Waals surface area contributed by atoms with Crippen molar-refractivity contribution in [3.05, 3.63) is 29.8 Å². The van der Waals surface area contributed by atoms with Gasteiger partial charge >= 0.3 is 0 Å². The first-order chi connectivity index (χ1) is 9.54. The second-order valence-corrected chi connectivity index (χ2v) is 6.69. The second-order valence-electron chi connectivity index (χ2n) is 6.69. The molecule has 1 aliphatic carbocycles. The topological polar surface area (TPSA) is 21.3 Å². The van der Waals surface area contributed by atoms with E-state index in [1.165, 1.54) is 24.8 Å². The fourth-order valence-electron chi connectivity index (χ4n) is 3.18. The molecule has 0 amide bonds. The summed E-state index contributed by atoms with van der Waals surface area (Å²) in [7, 11) is 0. The number of ether oxygens (including phenoxy) is 1. The van der Waals surface area contributed by atoms with Gasteiger partial charge in [-0.15, -0.1) is 0 Å². The summed E-state index contributed by atoms with van der Waals surface area (Å²) in [4.78, 5) is 0. The Kier molecular flexibility index (Phi) is 5.47. The molecule has 1 fully saturated rings. The van der Waals surface area contributed by atoms with Gasteiger partial charge in [0.25, 0.3) is 0 Å². The van der Waals surface area contributed by atoms with Crippen LogP contribution in [0.3, 0.4) is 0 Å². The first-order valence-electron chi connectivity index (χ1n) is 8.00. The van der Waals surface area contributed by atoms with Crippen LogP contribution in [0.1, 0.15) is 45.6 Å². The Morgan fingerprint density at radius 1 is 1.20 bits per heavy atom. The highest BCUT2D eigenvalue weighted by molar-refractivity contribution is 5.26. The van der Waals surface area contributed by atoms with E-state index in [0.29, 0.717) is 12.1 Å². The van der Waals surface area contributed by atoms with Gasteiger partial charge in [-0.1, -0.05) is 31.5 Å². The van der Waals surface area contributed by atoms with Crippen molar-refractivity contribution in [2.75, 3.05) is 6.61 Å².